The third-order valence-corrected chi connectivity index (χ3v) is 2.46. The fraction of sp³-hybridized carbons (Fsp3) is 0.357. The first-order valence-electron chi connectivity index (χ1n) is 6.30. The second-order valence-corrected chi connectivity index (χ2v) is 5.48. The van der Waals surface area contributed by atoms with Gasteiger partial charge in [0, 0.05) is 23.5 Å². The maximum atomic E-state index is 11.7. The third kappa shape index (κ3) is 3.81. The number of ether oxygens (including phenoxy) is 1. The molecule has 2 heterocycles. The monoisotopic (exact) mass is 274 g/mol. The summed E-state index contributed by atoms with van der Waals surface area (Å²) in [7, 11) is 0. The molecule has 2 N–H and O–H groups in total. The van der Waals surface area contributed by atoms with Gasteiger partial charge in [0.2, 0.25) is 0 Å². The molecule has 0 aliphatic heterocycles. The van der Waals surface area contributed by atoms with E-state index in [1.165, 1.54) is 0 Å². The van der Waals surface area contributed by atoms with E-state index in [4.69, 9.17) is 10.5 Å². The lowest BCUT2D eigenvalue weighted by Gasteiger charge is -2.19. The lowest BCUT2D eigenvalue weighted by molar-refractivity contribution is -0.155. The maximum absolute atomic E-state index is 11.7. The smallest absolute Gasteiger partial charge is 0.328 e. The minimum Gasteiger partial charge on any atom is -0.459 e. The summed E-state index contributed by atoms with van der Waals surface area (Å²) in [6, 6.07) is 3.58. The largest absolute Gasteiger partial charge is 0.459 e. The van der Waals surface area contributed by atoms with Crippen LogP contribution in [0.15, 0.2) is 30.7 Å². The fourth-order valence-corrected chi connectivity index (χ4v) is 1.68. The van der Waals surface area contributed by atoms with Crippen molar-refractivity contribution in [2.45, 2.75) is 32.9 Å². The van der Waals surface area contributed by atoms with Crippen molar-refractivity contribution < 1.29 is 9.53 Å². The molecule has 2 aromatic rings. The molecule has 0 saturated heterocycles. The Labute approximate surface area is 117 Å². The Hall–Kier alpha value is -2.37. The molecule has 106 valence electrons. The summed E-state index contributed by atoms with van der Waals surface area (Å²) in [6.45, 7) is 5.58. The highest BCUT2D eigenvalue weighted by Gasteiger charge is 2.16. The van der Waals surface area contributed by atoms with Crippen LogP contribution in [0.4, 0.5) is 5.82 Å². The summed E-state index contributed by atoms with van der Waals surface area (Å²) < 4.78 is 6.79. The number of carbonyl (C=O) groups excluding carboxylic acids is 1. The number of esters is 1. The number of anilines is 1. The van der Waals surface area contributed by atoms with E-state index in [0.717, 1.165) is 11.1 Å². The van der Waals surface area contributed by atoms with Crippen molar-refractivity contribution in [2.24, 2.45) is 0 Å². The predicted octanol–water partition coefficient (Wildman–Crippen LogP) is 1.87. The van der Waals surface area contributed by atoms with Crippen LogP contribution < -0.4 is 5.73 Å². The van der Waals surface area contributed by atoms with E-state index in [1.54, 1.807) is 29.3 Å². The van der Waals surface area contributed by atoms with E-state index < -0.39 is 5.60 Å². The van der Waals surface area contributed by atoms with Crippen LogP contribution in [0.2, 0.25) is 0 Å². The molecular weight excluding hydrogens is 256 g/mol. The van der Waals surface area contributed by atoms with Crippen molar-refractivity contribution in [3.8, 4) is 11.1 Å². The number of nitrogens with zero attached hydrogens (tertiary/aromatic N) is 3. The number of rotatable bonds is 3. The summed E-state index contributed by atoms with van der Waals surface area (Å²) in [4.78, 5) is 15.7. The van der Waals surface area contributed by atoms with Crippen LogP contribution in [-0.4, -0.2) is 26.3 Å². The molecule has 0 radical (unpaired) electrons. The summed E-state index contributed by atoms with van der Waals surface area (Å²) in [5.41, 5.74) is 6.82. The van der Waals surface area contributed by atoms with Gasteiger partial charge in [-0.3, -0.25) is 9.48 Å². The number of hydrogen-bond acceptors (Lipinski definition) is 5. The van der Waals surface area contributed by atoms with Crippen LogP contribution in [0, 0.1) is 0 Å². The van der Waals surface area contributed by atoms with E-state index in [2.05, 4.69) is 10.1 Å². The highest BCUT2D eigenvalue weighted by atomic mass is 16.6. The van der Waals surface area contributed by atoms with Crippen LogP contribution >= 0.6 is 0 Å². The second-order valence-electron chi connectivity index (χ2n) is 5.48. The lowest BCUT2D eigenvalue weighted by Crippen LogP contribution is -2.26. The Bertz CT molecular complexity index is 596. The molecule has 0 fully saturated rings. The highest BCUT2D eigenvalue weighted by molar-refractivity contribution is 5.70. The SMILES string of the molecule is CC(C)(C)OC(=O)Cn1cc(-c2ccc(N)nc2)cn1. The van der Waals surface area contributed by atoms with Crippen LogP contribution in [0.25, 0.3) is 11.1 Å². The first-order valence-corrected chi connectivity index (χ1v) is 6.30. The molecule has 0 aromatic carbocycles. The van der Waals surface area contributed by atoms with Crippen LogP contribution in [0.3, 0.4) is 0 Å². The van der Waals surface area contributed by atoms with E-state index in [0.29, 0.717) is 5.82 Å². The maximum Gasteiger partial charge on any atom is 0.328 e. The molecule has 6 heteroatoms. The zero-order valence-electron chi connectivity index (χ0n) is 11.8. The molecule has 0 bridgehead atoms. The Morgan fingerprint density at radius 3 is 2.65 bits per heavy atom. The summed E-state index contributed by atoms with van der Waals surface area (Å²) in [5, 5.41) is 4.14. The average molecular weight is 274 g/mol. The van der Waals surface area contributed by atoms with E-state index in [9.17, 15) is 4.79 Å². The van der Waals surface area contributed by atoms with E-state index in [1.807, 2.05) is 26.8 Å². The quantitative estimate of drug-likeness (QED) is 0.864. The standard InChI is InChI=1S/C14H18N4O2/c1-14(2,3)20-13(19)9-18-8-11(7-17-18)10-4-5-12(15)16-6-10/h4-8H,9H2,1-3H3,(H2,15,16). The molecule has 0 aliphatic rings. The van der Waals surface area contributed by atoms with Gasteiger partial charge < -0.3 is 10.5 Å². The van der Waals surface area contributed by atoms with Gasteiger partial charge in [-0.05, 0) is 32.9 Å². The topological polar surface area (TPSA) is 83.0 Å². The number of aromatic nitrogens is 3. The van der Waals surface area contributed by atoms with Gasteiger partial charge in [0.1, 0.15) is 18.0 Å². The molecule has 0 spiro atoms. The zero-order chi connectivity index (χ0) is 14.8. The highest BCUT2D eigenvalue weighted by Crippen LogP contribution is 2.18. The van der Waals surface area contributed by atoms with Crippen molar-refractivity contribution in [1.29, 1.82) is 0 Å². The van der Waals surface area contributed by atoms with Crippen LogP contribution in [-0.2, 0) is 16.1 Å². The van der Waals surface area contributed by atoms with Gasteiger partial charge in [-0.25, -0.2) is 4.98 Å². The minimum atomic E-state index is -0.492. The van der Waals surface area contributed by atoms with Gasteiger partial charge in [-0.15, -0.1) is 0 Å². The molecular formula is C14H18N4O2. The molecule has 0 aliphatic carbocycles. The zero-order valence-corrected chi connectivity index (χ0v) is 11.8. The van der Waals surface area contributed by atoms with E-state index in [-0.39, 0.29) is 12.5 Å². The van der Waals surface area contributed by atoms with Gasteiger partial charge in [0.25, 0.3) is 0 Å². The van der Waals surface area contributed by atoms with Gasteiger partial charge in [-0.2, -0.15) is 5.10 Å². The fourth-order valence-electron chi connectivity index (χ4n) is 1.68. The summed E-state index contributed by atoms with van der Waals surface area (Å²) >= 11 is 0. The number of nitrogens with two attached hydrogens (primary N) is 1. The second kappa shape index (κ2) is 5.32. The molecule has 0 unspecified atom stereocenters. The van der Waals surface area contributed by atoms with Crippen LogP contribution in [0.5, 0.6) is 0 Å². The van der Waals surface area contributed by atoms with Crippen molar-refractivity contribution in [1.82, 2.24) is 14.8 Å². The summed E-state index contributed by atoms with van der Waals surface area (Å²) in [6.07, 6.45) is 5.12. The Balaban J connectivity index is 2.06. The first kappa shape index (κ1) is 14.0. The normalized spacial score (nSPS) is 11.3. The van der Waals surface area contributed by atoms with E-state index >= 15 is 0 Å². The number of carbonyl (C=O) groups is 1. The molecule has 0 amide bonds. The Morgan fingerprint density at radius 2 is 2.05 bits per heavy atom. The number of nitrogen functional groups attached to an aromatic ring is 1. The van der Waals surface area contributed by atoms with Gasteiger partial charge in [-0.1, -0.05) is 0 Å². The molecule has 2 aromatic heterocycles. The van der Waals surface area contributed by atoms with Crippen LogP contribution in [0.1, 0.15) is 20.8 Å². The Kier molecular flexibility index (Phi) is 3.74. The molecule has 2 rings (SSSR count). The molecule has 0 saturated carbocycles. The minimum absolute atomic E-state index is 0.0830. The van der Waals surface area contributed by atoms with Gasteiger partial charge in [0.15, 0.2) is 0 Å². The molecule has 6 nitrogen and oxygen atoms in total. The van der Waals surface area contributed by atoms with Crippen molar-refractivity contribution >= 4 is 11.8 Å². The summed E-state index contributed by atoms with van der Waals surface area (Å²) in [5.74, 6) is 0.150. The molecule has 0 atom stereocenters. The number of hydrogen-bond donors (Lipinski definition) is 1. The van der Waals surface area contributed by atoms with Crippen molar-refractivity contribution in [3.63, 3.8) is 0 Å². The lowest BCUT2D eigenvalue weighted by atomic mass is 10.2. The first-order chi connectivity index (χ1) is 9.33. The molecule has 20 heavy (non-hydrogen) atoms. The predicted molar refractivity (Wildman–Crippen MR) is 75.7 cm³/mol. The average Bonchev–Trinajstić information content (AvgIpc) is 2.75. The van der Waals surface area contributed by atoms with Gasteiger partial charge in [0.05, 0.1) is 6.20 Å². The number of pyridine rings is 1. The van der Waals surface area contributed by atoms with Crippen molar-refractivity contribution in [2.75, 3.05) is 5.73 Å². The van der Waals surface area contributed by atoms with Gasteiger partial charge >= 0.3 is 5.97 Å². The third-order valence-electron chi connectivity index (χ3n) is 2.46. The Morgan fingerprint density at radius 1 is 1.30 bits per heavy atom. The van der Waals surface area contributed by atoms with Crippen molar-refractivity contribution in [3.05, 3.63) is 30.7 Å².